The zero-order valence-electron chi connectivity index (χ0n) is 11.5. The molecule has 0 aliphatic heterocycles. The fourth-order valence-electron chi connectivity index (χ4n) is 2.35. The van der Waals surface area contributed by atoms with Gasteiger partial charge in [-0.2, -0.15) is 9.61 Å². The Kier molecular flexibility index (Phi) is 3.49. The highest BCUT2D eigenvalue weighted by atomic mass is 35.5. The number of anilines is 1. The molecule has 0 atom stereocenters. The Bertz CT molecular complexity index is 841. The van der Waals surface area contributed by atoms with Gasteiger partial charge < -0.3 is 5.43 Å². The lowest BCUT2D eigenvalue weighted by molar-refractivity contribution is 0.908. The molecule has 0 unspecified atom stereocenters. The van der Waals surface area contributed by atoms with Crippen LogP contribution in [0.1, 0.15) is 11.4 Å². The van der Waals surface area contributed by atoms with Gasteiger partial charge in [0.25, 0.3) is 0 Å². The summed E-state index contributed by atoms with van der Waals surface area (Å²) in [6.45, 7) is 3.81. The smallest absolute Gasteiger partial charge is 0.165 e. The van der Waals surface area contributed by atoms with E-state index in [4.69, 9.17) is 29.0 Å². The van der Waals surface area contributed by atoms with E-state index in [-0.39, 0.29) is 0 Å². The van der Waals surface area contributed by atoms with Gasteiger partial charge in [0.15, 0.2) is 5.65 Å². The van der Waals surface area contributed by atoms with E-state index in [1.165, 1.54) is 0 Å². The van der Waals surface area contributed by atoms with Crippen molar-refractivity contribution in [3.63, 3.8) is 0 Å². The highest BCUT2D eigenvalue weighted by Crippen LogP contribution is 2.35. The number of hydrogen-bond acceptors (Lipinski definition) is 4. The average Bonchev–Trinajstić information content (AvgIpc) is 2.74. The zero-order valence-corrected chi connectivity index (χ0v) is 13.0. The molecular formula is C14H13Cl2N5. The lowest BCUT2D eigenvalue weighted by Gasteiger charge is -2.07. The molecule has 3 N–H and O–H groups in total. The number of benzene rings is 1. The van der Waals surface area contributed by atoms with Crippen LogP contribution in [0.3, 0.4) is 0 Å². The molecule has 21 heavy (non-hydrogen) atoms. The molecule has 108 valence electrons. The second kappa shape index (κ2) is 5.18. The number of rotatable bonds is 2. The lowest BCUT2D eigenvalue weighted by atomic mass is 10.1. The summed E-state index contributed by atoms with van der Waals surface area (Å²) in [5.74, 6) is 6.21. The second-order valence-corrected chi connectivity index (χ2v) is 5.59. The first-order valence-electron chi connectivity index (χ1n) is 6.30. The van der Waals surface area contributed by atoms with Crippen molar-refractivity contribution in [1.82, 2.24) is 14.6 Å². The molecule has 3 rings (SSSR count). The van der Waals surface area contributed by atoms with Gasteiger partial charge in [-0.25, -0.2) is 10.8 Å². The van der Waals surface area contributed by atoms with Gasteiger partial charge in [0, 0.05) is 22.3 Å². The topological polar surface area (TPSA) is 68.2 Å². The molecule has 0 amide bonds. The molecule has 0 spiro atoms. The quantitative estimate of drug-likeness (QED) is 0.559. The summed E-state index contributed by atoms with van der Waals surface area (Å²) < 4.78 is 1.67. The third kappa shape index (κ3) is 2.33. The lowest BCUT2D eigenvalue weighted by Crippen LogP contribution is -2.12. The van der Waals surface area contributed by atoms with Crippen LogP contribution in [0.4, 0.5) is 5.82 Å². The predicted octanol–water partition coefficient (Wildman–Crippen LogP) is 3.61. The molecule has 2 heterocycles. The fourth-order valence-corrected chi connectivity index (χ4v) is 2.86. The number of hydrogen-bond donors (Lipinski definition) is 2. The van der Waals surface area contributed by atoms with Gasteiger partial charge in [-0.3, -0.25) is 0 Å². The van der Waals surface area contributed by atoms with Gasteiger partial charge in [0.1, 0.15) is 5.82 Å². The van der Waals surface area contributed by atoms with Crippen LogP contribution >= 0.6 is 23.2 Å². The van der Waals surface area contributed by atoms with Gasteiger partial charge in [-0.1, -0.05) is 29.3 Å². The minimum absolute atomic E-state index is 0.561. The highest BCUT2D eigenvalue weighted by molar-refractivity contribution is 6.36. The Morgan fingerprint density at radius 2 is 1.95 bits per heavy atom. The van der Waals surface area contributed by atoms with Gasteiger partial charge in [-0.15, -0.1) is 0 Å². The summed E-state index contributed by atoms with van der Waals surface area (Å²) in [7, 11) is 0. The van der Waals surface area contributed by atoms with Gasteiger partial charge >= 0.3 is 0 Å². The van der Waals surface area contributed by atoms with E-state index >= 15 is 0 Å². The van der Waals surface area contributed by atoms with E-state index in [1.54, 1.807) is 16.6 Å². The van der Waals surface area contributed by atoms with Crippen LogP contribution < -0.4 is 11.3 Å². The fraction of sp³-hybridized carbons (Fsp3) is 0.143. The Balaban J connectivity index is 2.37. The zero-order chi connectivity index (χ0) is 15.1. The molecule has 0 saturated heterocycles. The summed E-state index contributed by atoms with van der Waals surface area (Å²) >= 11 is 12.3. The molecule has 7 heteroatoms. The Labute approximate surface area is 131 Å². The van der Waals surface area contributed by atoms with Crippen LogP contribution in [-0.2, 0) is 0 Å². The van der Waals surface area contributed by atoms with Crippen molar-refractivity contribution in [3.05, 3.63) is 45.7 Å². The van der Waals surface area contributed by atoms with Crippen molar-refractivity contribution in [1.29, 1.82) is 0 Å². The first kappa shape index (κ1) is 14.1. The maximum absolute atomic E-state index is 6.32. The van der Waals surface area contributed by atoms with E-state index in [2.05, 4.69) is 15.5 Å². The number of nitrogens with one attached hydrogen (secondary N) is 1. The van der Waals surface area contributed by atoms with E-state index in [0.717, 1.165) is 22.5 Å². The van der Waals surface area contributed by atoms with Crippen LogP contribution in [0, 0.1) is 13.8 Å². The monoisotopic (exact) mass is 321 g/mol. The van der Waals surface area contributed by atoms with Crippen LogP contribution in [0.25, 0.3) is 16.8 Å². The molecule has 0 aliphatic rings. The van der Waals surface area contributed by atoms with Gasteiger partial charge in [-0.05, 0) is 26.0 Å². The van der Waals surface area contributed by atoms with E-state index < -0.39 is 0 Å². The van der Waals surface area contributed by atoms with Crippen LogP contribution in [0.15, 0.2) is 24.3 Å². The number of nitrogens with zero attached hydrogens (tertiary/aromatic N) is 3. The summed E-state index contributed by atoms with van der Waals surface area (Å²) in [5, 5.41) is 5.64. The first-order chi connectivity index (χ1) is 10.0. The number of nitrogen functional groups attached to an aromatic ring is 1. The summed E-state index contributed by atoms with van der Waals surface area (Å²) in [4.78, 5) is 4.56. The van der Waals surface area contributed by atoms with Crippen molar-refractivity contribution < 1.29 is 0 Å². The van der Waals surface area contributed by atoms with Crippen molar-refractivity contribution in [2.45, 2.75) is 13.8 Å². The molecule has 2 aromatic heterocycles. The number of aromatic nitrogens is 3. The molecule has 0 saturated carbocycles. The number of hydrazine groups is 1. The molecule has 0 aliphatic carbocycles. The SMILES string of the molecule is Cc1cc(NN)n2nc(C)c(-c3ccc(Cl)cc3Cl)c2n1. The Morgan fingerprint density at radius 3 is 2.62 bits per heavy atom. The number of nitrogens with two attached hydrogens (primary N) is 1. The Hall–Kier alpha value is -1.82. The standard InChI is InChI=1S/C14H13Cl2N5/c1-7-5-12(19-17)21-14(18-7)13(8(2)20-21)10-4-3-9(15)6-11(10)16/h3-6,19H,17H2,1-2H3. The largest absolute Gasteiger partial charge is 0.308 e. The molecule has 5 nitrogen and oxygen atoms in total. The maximum Gasteiger partial charge on any atom is 0.165 e. The second-order valence-electron chi connectivity index (χ2n) is 4.75. The molecule has 0 radical (unpaired) electrons. The normalized spacial score (nSPS) is 11.1. The van der Waals surface area contributed by atoms with Crippen molar-refractivity contribution in [3.8, 4) is 11.1 Å². The van der Waals surface area contributed by atoms with Crippen LogP contribution in [0.2, 0.25) is 10.0 Å². The summed E-state index contributed by atoms with van der Waals surface area (Å²) in [6, 6.07) is 7.20. The van der Waals surface area contributed by atoms with Crippen molar-refractivity contribution in [2.24, 2.45) is 5.84 Å². The van der Waals surface area contributed by atoms with E-state index in [0.29, 0.717) is 21.5 Å². The Morgan fingerprint density at radius 1 is 1.19 bits per heavy atom. The van der Waals surface area contributed by atoms with Crippen molar-refractivity contribution in [2.75, 3.05) is 5.43 Å². The number of halogens is 2. The minimum Gasteiger partial charge on any atom is -0.308 e. The average molecular weight is 322 g/mol. The minimum atomic E-state index is 0.561. The molecule has 0 fully saturated rings. The molecule has 3 aromatic rings. The number of aryl methyl sites for hydroxylation is 2. The van der Waals surface area contributed by atoms with E-state index in [9.17, 15) is 0 Å². The predicted molar refractivity (Wildman–Crippen MR) is 85.7 cm³/mol. The first-order valence-corrected chi connectivity index (χ1v) is 7.06. The van der Waals surface area contributed by atoms with Gasteiger partial charge in [0.2, 0.25) is 0 Å². The molecule has 1 aromatic carbocycles. The van der Waals surface area contributed by atoms with Gasteiger partial charge in [0.05, 0.1) is 16.3 Å². The third-order valence-electron chi connectivity index (χ3n) is 3.24. The number of fused-ring (bicyclic) bond motifs is 1. The third-order valence-corrected chi connectivity index (χ3v) is 3.79. The molecular weight excluding hydrogens is 309 g/mol. The van der Waals surface area contributed by atoms with Crippen molar-refractivity contribution >= 4 is 34.7 Å². The van der Waals surface area contributed by atoms with Crippen LogP contribution in [0.5, 0.6) is 0 Å². The van der Waals surface area contributed by atoms with E-state index in [1.807, 2.05) is 26.0 Å². The molecule has 0 bridgehead atoms. The summed E-state index contributed by atoms with van der Waals surface area (Å²) in [5.41, 5.74) is 6.69. The highest BCUT2D eigenvalue weighted by Gasteiger charge is 2.17. The van der Waals surface area contributed by atoms with Crippen LogP contribution in [-0.4, -0.2) is 14.6 Å². The maximum atomic E-state index is 6.32. The summed E-state index contributed by atoms with van der Waals surface area (Å²) in [6.07, 6.45) is 0.